The summed E-state index contributed by atoms with van der Waals surface area (Å²) in [6, 6.07) is 21.7. The topological polar surface area (TPSA) is 117 Å². The lowest BCUT2D eigenvalue weighted by atomic mass is 10.3. The highest BCUT2D eigenvalue weighted by atomic mass is 35.5. The fraction of sp³-hybridized carbons (Fsp3) is 0.0455. The lowest BCUT2D eigenvalue weighted by molar-refractivity contribution is 0.368. The van der Waals surface area contributed by atoms with Crippen molar-refractivity contribution >= 4 is 50.0 Å². The molecule has 0 aliphatic carbocycles. The zero-order valence-electron chi connectivity index (χ0n) is 16.5. The number of para-hydroxylation sites is 2. The summed E-state index contributed by atoms with van der Waals surface area (Å²) in [5, 5.41) is 12.1. The van der Waals surface area contributed by atoms with E-state index < -0.39 is 10.0 Å². The molecule has 2 N–H and O–H groups in total. The van der Waals surface area contributed by atoms with E-state index in [9.17, 15) is 8.42 Å². The minimum Gasteiger partial charge on any atom is -0.479 e. The van der Waals surface area contributed by atoms with Gasteiger partial charge in [0, 0.05) is 10.7 Å². The fourth-order valence-corrected chi connectivity index (χ4v) is 3.98. The first-order valence-electron chi connectivity index (χ1n) is 9.37. The van der Waals surface area contributed by atoms with Crippen LogP contribution < -0.4 is 14.8 Å². The van der Waals surface area contributed by atoms with E-state index in [-0.39, 0.29) is 23.1 Å². The Morgan fingerprint density at radius 3 is 2.16 bits per heavy atom. The maximum Gasteiger partial charge on any atom is 0.263 e. The van der Waals surface area contributed by atoms with Crippen LogP contribution in [0.1, 0.15) is 0 Å². The Kier molecular flexibility index (Phi) is 6.07. The van der Waals surface area contributed by atoms with Gasteiger partial charge in [0.15, 0.2) is 18.2 Å². The maximum absolute atomic E-state index is 12.9. The summed E-state index contributed by atoms with van der Waals surface area (Å²) < 4.78 is 33.6. The Morgan fingerprint density at radius 1 is 0.906 bits per heavy atom. The van der Waals surface area contributed by atoms with E-state index in [1.165, 1.54) is 24.3 Å². The minimum atomic E-state index is -3.93. The maximum atomic E-state index is 12.9. The van der Waals surface area contributed by atoms with E-state index in [0.717, 1.165) is 0 Å². The fourth-order valence-electron chi connectivity index (χ4n) is 2.85. The number of halogens is 1. The molecule has 0 spiro atoms. The van der Waals surface area contributed by atoms with Crippen molar-refractivity contribution in [2.24, 2.45) is 0 Å². The van der Waals surface area contributed by atoms with Crippen molar-refractivity contribution in [2.45, 2.75) is 4.90 Å². The molecule has 8 nitrogen and oxygen atoms in total. The molecule has 0 saturated carbocycles. The molecule has 160 valence electrons. The largest absolute Gasteiger partial charge is 0.479 e. The van der Waals surface area contributed by atoms with Crippen LogP contribution in [0.25, 0.3) is 11.0 Å². The normalized spacial score (nSPS) is 11.0. The van der Waals surface area contributed by atoms with Crippen molar-refractivity contribution in [3.05, 3.63) is 77.8 Å². The first-order valence-corrected chi connectivity index (χ1v) is 11.2. The summed E-state index contributed by atoms with van der Waals surface area (Å²) in [5.41, 5.74) is 1.76. The summed E-state index contributed by atoms with van der Waals surface area (Å²) in [7, 11) is -3.93. The first kappa shape index (κ1) is 21.4. The number of nitriles is 1. The van der Waals surface area contributed by atoms with Crippen LogP contribution in [0, 0.1) is 11.3 Å². The molecule has 0 bridgehead atoms. The van der Waals surface area contributed by atoms with Gasteiger partial charge in [0.25, 0.3) is 10.0 Å². The second-order valence-corrected chi connectivity index (χ2v) is 8.68. The van der Waals surface area contributed by atoms with Gasteiger partial charge in [-0.1, -0.05) is 23.7 Å². The van der Waals surface area contributed by atoms with Crippen molar-refractivity contribution < 1.29 is 13.2 Å². The van der Waals surface area contributed by atoms with Crippen LogP contribution in [0.4, 0.5) is 17.3 Å². The predicted octanol–water partition coefficient (Wildman–Crippen LogP) is 4.73. The van der Waals surface area contributed by atoms with Gasteiger partial charge in [-0.2, -0.15) is 5.26 Å². The highest BCUT2D eigenvalue weighted by molar-refractivity contribution is 7.92. The van der Waals surface area contributed by atoms with Crippen molar-refractivity contribution in [3.63, 3.8) is 0 Å². The quantitative estimate of drug-likeness (QED) is 0.405. The molecule has 0 aliphatic rings. The number of hydrogen-bond donors (Lipinski definition) is 2. The smallest absolute Gasteiger partial charge is 0.263 e. The molecule has 4 aromatic rings. The molecule has 0 fully saturated rings. The van der Waals surface area contributed by atoms with Gasteiger partial charge in [-0.3, -0.25) is 4.72 Å². The van der Waals surface area contributed by atoms with Crippen LogP contribution in [-0.2, 0) is 10.0 Å². The summed E-state index contributed by atoms with van der Waals surface area (Å²) in [5.74, 6) is 0.806. The van der Waals surface area contributed by atoms with Crippen LogP contribution in [0.3, 0.4) is 0 Å². The lowest BCUT2D eigenvalue weighted by Crippen LogP contribution is -2.16. The van der Waals surface area contributed by atoms with Crippen LogP contribution in [-0.4, -0.2) is 25.0 Å². The minimum absolute atomic E-state index is 0.0433. The van der Waals surface area contributed by atoms with Gasteiger partial charge in [0.2, 0.25) is 0 Å². The number of nitrogens with one attached hydrogen (secondary N) is 2. The lowest BCUT2D eigenvalue weighted by Gasteiger charge is -2.14. The highest BCUT2D eigenvalue weighted by Crippen LogP contribution is 2.28. The molecule has 1 aromatic heterocycles. The molecule has 0 saturated heterocycles. The molecule has 10 heteroatoms. The average Bonchev–Trinajstić information content (AvgIpc) is 2.79. The Balaban J connectivity index is 1.69. The van der Waals surface area contributed by atoms with Crippen molar-refractivity contribution in [2.75, 3.05) is 16.6 Å². The molecule has 1 heterocycles. The monoisotopic (exact) mass is 465 g/mol. The van der Waals surface area contributed by atoms with E-state index in [2.05, 4.69) is 20.0 Å². The number of nitrogens with zero attached hydrogens (tertiary/aromatic N) is 3. The van der Waals surface area contributed by atoms with Crippen LogP contribution >= 0.6 is 11.6 Å². The van der Waals surface area contributed by atoms with E-state index in [0.29, 0.717) is 27.5 Å². The molecule has 0 radical (unpaired) electrons. The Labute approximate surface area is 189 Å². The van der Waals surface area contributed by atoms with E-state index in [1.54, 1.807) is 42.5 Å². The van der Waals surface area contributed by atoms with Gasteiger partial charge in [-0.25, -0.2) is 18.4 Å². The molecule has 32 heavy (non-hydrogen) atoms. The van der Waals surface area contributed by atoms with Crippen LogP contribution in [0.5, 0.6) is 5.75 Å². The Hall–Kier alpha value is -3.87. The number of rotatable bonds is 7. The second-order valence-electron chi connectivity index (χ2n) is 6.57. The van der Waals surface area contributed by atoms with Gasteiger partial charge >= 0.3 is 0 Å². The number of fused-ring (bicyclic) bond motifs is 1. The third-order valence-corrected chi connectivity index (χ3v) is 5.95. The SMILES string of the molecule is N#CCOc1ccc(Nc2nc3ccccc3nc2NS(=O)(=O)c2ccc(Cl)cc2)cc1. The van der Waals surface area contributed by atoms with Gasteiger partial charge in [0.05, 0.1) is 15.9 Å². The molecule has 4 rings (SSSR count). The number of aromatic nitrogens is 2. The predicted molar refractivity (Wildman–Crippen MR) is 123 cm³/mol. The Bertz CT molecular complexity index is 1400. The number of hydrogen-bond acceptors (Lipinski definition) is 7. The molecular formula is C22H16ClN5O3S. The second kappa shape index (κ2) is 9.09. The Morgan fingerprint density at radius 2 is 1.53 bits per heavy atom. The molecule has 0 unspecified atom stereocenters. The number of anilines is 3. The first-order chi connectivity index (χ1) is 15.4. The number of sulfonamides is 1. The molecule has 0 atom stereocenters. The van der Waals surface area contributed by atoms with Gasteiger partial charge in [-0.05, 0) is 60.7 Å². The summed E-state index contributed by atoms with van der Waals surface area (Å²) >= 11 is 5.87. The summed E-state index contributed by atoms with van der Waals surface area (Å²) in [6.07, 6.45) is 0. The van der Waals surface area contributed by atoms with E-state index >= 15 is 0 Å². The standard InChI is InChI=1S/C22H16ClN5O3S/c23-15-5-11-18(12-6-15)32(29,30)28-22-21(26-19-3-1-2-4-20(19)27-22)25-16-7-9-17(10-8-16)31-14-13-24/h1-12H,14H2,(H,25,26)(H,27,28). The summed E-state index contributed by atoms with van der Waals surface area (Å²) in [4.78, 5) is 9.04. The van der Waals surface area contributed by atoms with Crippen molar-refractivity contribution in [1.29, 1.82) is 5.26 Å². The molecule has 0 amide bonds. The van der Waals surface area contributed by atoms with Crippen molar-refractivity contribution in [1.82, 2.24) is 9.97 Å². The van der Waals surface area contributed by atoms with Gasteiger partial charge in [0.1, 0.15) is 11.8 Å². The third kappa shape index (κ3) is 4.88. The van der Waals surface area contributed by atoms with Crippen molar-refractivity contribution in [3.8, 4) is 11.8 Å². The van der Waals surface area contributed by atoms with E-state index in [1.807, 2.05) is 12.1 Å². The molecule has 3 aromatic carbocycles. The average molecular weight is 466 g/mol. The zero-order valence-corrected chi connectivity index (χ0v) is 18.1. The van der Waals surface area contributed by atoms with E-state index in [4.69, 9.17) is 21.6 Å². The molecular weight excluding hydrogens is 450 g/mol. The van der Waals surface area contributed by atoms with Gasteiger partial charge in [-0.15, -0.1) is 0 Å². The number of ether oxygens (including phenoxy) is 1. The van der Waals surface area contributed by atoms with Crippen LogP contribution in [0.2, 0.25) is 5.02 Å². The van der Waals surface area contributed by atoms with Crippen LogP contribution in [0.15, 0.2) is 77.7 Å². The third-order valence-electron chi connectivity index (χ3n) is 4.35. The van der Waals surface area contributed by atoms with Gasteiger partial charge < -0.3 is 10.1 Å². The highest BCUT2D eigenvalue weighted by Gasteiger charge is 2.19. The molecule has 0 aliphatic heterocycles. The number of benzene rings is 3. The zero-order chi connectivity index (χ0) is 22.6. The summed E-state index contributed by atoms with van der Waals surface area (Å²) in [6.45, 7) is -0.0560.